The number of fused-ring (bicyclic) bond motifs is 3. The third-order valence-electron chi connectivity index (χ3n) is 4.19. The van der Waals surface area contributed by atoms with E-state index < -0.39 is 17.6 Å². The molecule has 132 valence electrons. The van der Waals surface area contributed by atoms with Crippen molar-refractivity contribution in [3.63, 3.8) is 0 Å². The maximum Gasteiger partial charge on any atom is 0.309 e. The van der Waals surface area contributed by atoms with Crippen LogP contribution < -0.4 is 10.2 Å². The van der Waals surface area contributed by atoms with E-state index in [0.29, 0.717) is 30.2 Å². The van der Waals surface area contributed by atoms with E-state index in [1.54, 1.807) is 24.3 Å². The topological polar surface area (TPSA) is 53.9 Å². The van der Waals surface area contributed by atoms with E-state index in [2.05, 4.69) is 10.3 Å². The van der Waals surface area contributed by atoms with E-state index in [4.69, 9.17) is 4.74 Å². The van der Waals surface area contributed by atoms with E-state index in [1.807, 2.05) is 4.90 Å². The Morgan fingerprint density at radius 3 is 2.77 bits per heavy atom. The molecule has 1 fully saturated rings. The number of halogens is 2. The lowest BCUT2D eigenvalue weighted by atomic mass is 9.99. The molecule has 0 atom stereocenters. The van der Waals surface area contributed by atoms with Gasteiger partial charge in [0, 0.05) is 31.1 Å². The second-order valence-electron chi connectivity index (χ2n) is 5.93. The highest BCUT2D eigenvalue weighted by molar-refractivity contribution is 6.17. The van der Waals surface area contributed by atoms with Crippen molar-refractivity contribution in [2.75, 3.05) is 18.0 Å². The largest absolute Gasteiger partial charge is 0.404 e. The maximum atomic E-state index is 14.5. The molecule has 1 saturated heterocycles. The molecule has 2 aliphatic rings. The molecular weight excluding hydrogens is 340 g/mol. The number of rotatable bonds is 2. The van der Waals surface area contributed by atoms with Crippen LogP contribution in [0.4, 0.5) is 14.5 Å². The standard InChI is InChI=1S/C19H15F2N3O2/c1-11(25)26-19-18-22-8-9-24(18)16-7-6-12(20)10-14(16)17(23-19)13-4-2-3-5-15(13)21/h2-7,10,22H,8-9H2,1H3. The smallest absolute Gasteiger partial charge is 0.309 e. The molecular formula is C19H15F2N3O2. The van der Waals surface area contributed by atoms with Crippen molar-refractivity contribution < 1.29 is 18.3 Å². The molecule has 5 nitrogen and oxygen atoms in total. The van der Waals surface area contributed by atoms with Crippen LogP contribution in [-0.2, 0) is 9.53 Å². The fourth-order valence-electron chi connectivity index (χ4n) is 3.14. The zero-order valence-electron chi connectivity index (χ0n) is 13.9. The van der Waals surface area contributed by atoms with Gasteiger partial charge in [-0.1, -0.05) is 12.1 Å². The number of carbonyl (C=O) groups excluding carboxylic acids is 1. The summed E-state index contributed by atoms with van der Waals surface area (Å²) in [7, 11) is 0. The molecule has 0 radical (unpaired) electrons. The third-order valence-corrected chi connectivity index (χ3v) is 4.19. The van der Waals surface area contributed by atoms with Crippen molar-refractivity contribution in [3.05, 3.63) is 76.9 Å². The number of benzene rings is 2. The number of esters is 1. The number of hydrogen-bond acceptors (Lipinski definition) is 5. The zero-order chi connectivity index (χ0) is 18.3. The lowest BCUT2D eigenvalue weighted by molar-refractivity contribution is -0.137. The molecule has 2 aromatic rings. The predicted octanol–water partition coefficient (Wildman–Crippen LogP) is 2.92. The van der Waals surface area contributed by atoms with Crippen molar-refractivity contribution in [1.82, 2.24) is 5.32 Å². The number of ether oxygens (including phenoxy) is 1. The fourth-order valence-corrected chi connectivity index (χ4v) is 3.14. The molecule has 26 heavy (non-hydrogen) atoms. The van der Waals surface area contributed by atoms with Gasteiger partial charge in [0.15, 0.2) is 5.82 Å². The summed E-state index contributed by atoms with van der Waals surface area (Å²) in [5.74, 6) is -0.972. The van der Waals surface area contributed by atoms with Gasteiger partial charge in [0.05, 0.1) is 11.4 Å². The van der Waals surface area contributed by atoms with Gasteiger partial charge in [0.25, 0.3) is 5.88 Å². The maximum absolute atomic E-state index is 14.5. The third kappa shape index (κ3) is 2.71. The second kappa shape index (κ2) is 6.25. The summed E-state index contributed by atoms with van der Waals surface area (Å²) in [5, 5.41) is 3.13. The molecule has 0 spiro atoms. The van der Waals surface area contributed by atoms with Crippen LogP contribution in [0.1, 0.15) is 18.1 Å². The summed E-state index contributed by atoms with van der Waals surface area (Å²) in [4.78, 5) is 17.8. The van der Waals surface area contributed by atoms with Crippen molar-refractivity contribution in [1.29, 1.82) is 0 Å². The molecule has 0 aromatic heterocycles. The first-order valence-electron chi connectivity index (χ1n) is 8.12. The van der Waals surface area contributed by atoms with Crippen LogP contribution in [0.25, 0.3) is 0 Å². The van der Waals surface area contributed by atoms with Gasteiger partial charge in [0.1, 0.15) is 11.6 Å². The Balaban J connectivity index is 2.01. The van der Waals surface area contributed by atoms with Gasteiger partial charge in [-0.15, -0.1) is 0 Å². The summed E-state index contributed by atoms with van der Waals surface area (Å²) in [6, 6.07) is 10.4. The Morgan fingerprint density at radius 1 is 1.19 bits per heavy atom. The monoisotopic (exact) mass is 355 g/mol. The fraction of sp³-hybridized carbons (Fsp3) is 0.158. The van der Waals surface area contributed by atoms with Crippen LogP contribution in [-0.4, -0.2) is 24.8 Å². The van der Waals surface area contributed by atoms with Crippen LogP contribution in [0.15, 0.2) is 59.2 Å². The van der Waals surface area contributed by atoms with Gasteiger partial charge < -0.3 is 15.0 Å². The highest BCUT2D eigenvalue weighted by Gasteiger charge is 2.31. The first-order chi connectivity index (χ1) is 12.5. The molecule has 0 amide bonds. The number of nitrogens with one attached hydrogen (secondary N) is 1. The van der Waals surface area contributed by atoms with Crippen molar-refractivity contribution >= 4 is 17.4 Å². The normalized spacial score (nSPS) is 15.7. The minimum atomic E-state index is -0.546. The predicted molar refractivity (Wildman–Crippen MR) is 92.6 cm³/mol. The van der Waals surface area contributed by atoms with Crippen molar-refractivity contribution in [2.24, 2.45) is 4.99 Å². The summed E-state index contributed by atoms with van der Waals surface area (Å²) >= 11 is 0. The van der Waals surface area contributed by atoms with Gasteiger partial charge in [0.2, 0.25) is 0 Å². The SMILES string of the molecule is CC(=O)OC1=C2NCCN2c2ccc(F)cc2C(c2ccccc2F)=N1. The van der Waals surface area contributed by atoms with Crippen molar-refractivity contribution in [2.45, 2.75) is 6.92 Å². The minimum Gasteiger partial charge on any atom is -0.404 e. The number of carbonyl (C=O) groups is 1. The summed E-state index contributed by atoms with van der Waals surface area (Å²) in [5.41, 5.74) is 1.50. The molecule has 0 saturated carbocycles. The molecule has 2 heterocycles. The zero-order valence-corrected chi connectivity index (χ0v) is 13.9. The van der Waals surface area contributed by atoms with Gasteiger partial charge in [-0.25, -0.2) is 13.8 Å². The molecule has 2 aliphatic heterocycles. The Bertz CT molecular complexity index is 969. The minimum absolute atomic E-state index is 0.0323. The lowest BCUT2D eigenvalue weighted by Gasteiger charge is -2.20. The summed E-state index contributed by atoms with van der Waals surface area (Å²) in [6.45, 7) is 2.46. The second-order valence-corrected chi connectivity index (χ2v) is 5.93. The molecule has 7 heteroatoms. The Kier molecular flexibility index (Phi) is 3.91. The highest BCUT2D eigenvalue weighted by Crippen LogP contribution is 2.34. The summed E-state index contributed by atoms with van der Waals surface area (Å²) in [6.07, 6.45) is 0. The van der Waals surface area contributed by atoms with Gasteiger partial charge in [-0.3, -0.25) is 4.79 Å². The van der Waals surface area contributed by atoms with Crippen LogP contribution in [0.5, 0.6) is 0 Å². The molecule has 0 bridgehead atoms. The first kappa shape index (κ1) is 16.3. The van der Waals surface area contributed by atoms with Crippen LogP contribution >= 0.6 is 0 Å². The van der Waals surface area contributed by atoms with Gasteiger partial charge >= 0.3 is 5.97 Å². The van der Waals surface area contributed by atoms with Gasteiger partial charge in [-0.2, -0.15) is 0 Å². The lowest BCUT2D eigenvalue weighted by Crippen LogP contribution is -2.22. The van der Waals surface area contributed by atoms with Crippen LogP contribution in [0.2, 0.25) is 0 Å². The van der Waals surface area contributed by atoms with Crippen molar-refractivity contribution in [3.8, 4) is 0 Å². The van der Waals surface area contributed by atoms with Crippen LogP contribution in [0.3, 0.4) is 0 Å². The molecule has 0 unspecified atom stereocenters. The molecule has 2 aromatic carbocycles. The molecule has 1 N–H and O–H groups in total. The van der Waals surface area contributed by atoms with Crippen LogP contribution in [0, 0.1) is 11.6 Å². The number of hydrogen-bond donors (Lipinski definition) is 1. The molecule has 0 aliphatic carbocycles. The highest BCUT2D eigenvalue weighted by atomic mass is 19.1. The van der Waals surface area contributed by atoms with E-state index in [9.17, 15) is 13.6 Å². The quantitative estimate of drug-likeness (QED) is 0.842. The average Bonchev–Trinajstić information content (AvgIpc) is 3.04. The Morgan fingerprint density at radius 2 is 2.00 bits per heavy atom. The Labute approximate surface area is 148 Å². The average molecular weight is 355 g/mol. The molecule has 4 rings (SSSR count). The number of aliphatic imine (C=N–C) groups is 1. The number of anilines is 1. The van der Waals surface area contributed by atoms with E-state index >= 15 is 0 Å². The van der Waals surface area contributed by atoms with E-state index in [0.717, 1.165) is 0 Å². The van der Waals surface area contributed by atoms with Gasteiger partial charge in [-0.05, 0) is 30.3 Å². The first-order valence-corrected chi connectivity index (χ1v) is 8.12. The van der Waals surface area contributed by atoms with E-state index in [-0.39, 0.29) is 17.2 Å². The Hall–Kier alpha value is -3.22. The van der Waals surface area contributed by atoms with E-state index in [1.165, 1.54) is 25.1 Å². The number of nitrogens with zero attached hydrogens (tertiary/aromatic N) is 2. The summed E-state index contributed by atoms with van der Waals surface area (Å²) < 4.78 is 33.7.